The number of aromatic hydroxyl groups is 2. The van der Waals surface area contributed by atoms with Crippen LogP contribution in [0.25, 0.3) is 0 Å². The van der Waals surface area contributed by atoms with E-state index in [1.807, 2.05) is 0 Å². The van der Waals surface area contributed by atoms with E-state index in [-0.39, 0.29) is 34.4 Å². The van der Waals surface area contributed by atoms with Crippen LogP contribution in [0.4, 0.5) is 0 Å². The van der Waals surface area contributed by atoms with Gasteiger partial charge >= 0.3 is 5.97 Å². The highest BCUT2D eigenvalue weighted by Crippen LogP contribution is 2.56. The van der Waals surface area contributed by atoms with Crippen molar-refractivity contribution in [2.24, 2.45) is 0 Å². The number of phenols is 2. The summed E-state index contributed by atoms with van der Waals surface area (Å²) in [4.78, 5) is 44.4. The number of esters is 1. The molecule has 2 bridgehead atoms. The topological polar surface area (TPSA) is 229 Å². The van der Waals surface area contributed by atoms with Crippen LogP contribution in [0.15, 0.2) is 12.1 Å². The highest BCUT2D eigenvalue weighted by atomic mass is 16.7. The number of carbonyl (C=O) groups is 3. The molecule has 2 aromatic carbocycles. The van der Waals surface area contributed by atoms with Gasteiger partial charge in [0.2, 0.25) is 12.1 Å². The largest absolute Gasteiger partial charge is 0.507 e. The van der Waals surface area contributed by atoms with Crippen LogP contribution in [0.3, 0.4) is 0 Å². The van der Waals surface area contributed by atoms with Crippen molar-refractivity contribution < 1.29 is 77.8 Å². The highest BCUT2D eigenvalue weighted by Gasteiger charge is 2.60. The smallest absolute Gasteiger partial charge is 0.316 e. The van der Waals surface area contributed by atoms with E-state index in [4.69, 9.17) is 37.9 Å². The van der Waals surface area contributed by atoms with Gasteiger partial charge in [-0.15, -0.1) is 0 Å². The summed E-state index contributed by atoms with van der Waals surface area (Å²) < 4.78 is 47.4. The van der Waals surface area contributed by atoms with E-state index in [0.29, 0.717) is 0 Å². The van der Waals surface area contributed by atoms with Crippen molar-refractivity contribution in [2.75, 3.05) is 42.5 Å². The molecule has 306 valence electrons. The number of hydrogen-bond acceptors (Lipinski definition) is 17. The SMILES string of the molecule is COC(=O)C1c2cc3c(c(O)c2[C@@H](O[C@@H]2O[C@@H](C)[C@H](OC)[C@@](C)(OC)[C@H]2OC)C[C@]1(C)O)C(=O)c1c(O)cc2c(c1C3=O)O[C@@H]1O[C@@]2(C)[C@H](O)[C@@H](N(C)C)[C@@H]1O. The number of aliphatic hydroxyl groups is 3. The lowest BCUT2D eigenvalue weighted by atomic mass is 9.68. The number of fused-ring (bicyclic) bond motifs is 8. The van der Waals surface area contributed by atoms with Crippen molar-refractivity contribution in [3.05, 3.63) is 51.1 Å². The Labute approximate surface area is 322 Å². The van der Waals surface area contributed by atoms with E-state index in [1.165, 1.54) is 41.2 Å². The number of rotatable bonds is 7. The zero-order chi connectivity index (χ0) is 41.1. The summed E-state index contributed by atoms with van der Waals surface area (Å²) >= 11 is 0. The predicted octanol–water partition coefficient (Wildman–Crippen LogP) is 1.14. The van der Waals surface area contributed by atoms with Gasteiger partial charge in [-0.05, 0) is 59.5 Å². The Kier molecular flexibility index (Phi) is 9.88. The zero-order valence-electron chi connectivity index (χ0n) is 32.8. The van der Waals surface area contributed by atoms with Crippen LogP contribution in [0.1, 0.15) is 94.7 Å². The minimum Gasteiger partial charge on any atom is -0.507 e. The minimum atomic E-state index is -1.91. The summed E-state index contributed by atoms with van der Waals surface area (Å²) in [6.07, 6.45) is -9.16. The first kappa shape index (κ1) is 40.4. The first-order chi connectivity index (χ1) is 26.2. The average Bonchev–Trinajstić information content (AvgIpc) is 3.12. The van der Waals surface area contributed by atoms with Gasteiger partial charge in [-0.3, -0.25) is 14.4 Å². The van der Waals surface area contributed by atoms with Crippen molar-refractivity contribution in [3.63, 3.8) is 0 Å². The third-order valence-electron chi connectivity index (χ3n) is 12.5. The Morgan fingerprint density at radius 2 is 1.61 bits per heavy atom. The number of methoxy groups -OCH3 is 4. The van der Waals surface area contributed by atoms with Crippen molar-refractivity contribution in [1.82, 2.24) is 4.90 Å². The lowest BCUT2D eigenvalue weighted by Gasteiger charge is -2.53. The van der Waals surface area contributed by atoms with Crippen molar-refractivity contribution in [1.29, 1.82) is 0 Å². The summed E-state index contributed by atoms with van der Waals surface area (Å²) in [6.45, 7) is 6.40. The molecule has 5 aliphatic rings. The molecule has 2 aromatic rings. The van der Waals surface area contributed by atoms with E-state index < -0.39 is 124 Å². The standard InChI is InChI=1S/C39H49NO16/c1-14-32(49-7)39(4,52-10)33(50-8)36(53-14)54-19-13-37(2,48)24(34(47)51-9)15-11-16-21(27(43)20(15)19)28(44)22-18(41)12-17-30(23(22)26(16)42)55-35-29(45)25(40(5)6)31(46)38(17,3)56-35/h11-12,14,19,24-25,29,31-33,35-36,41,43,45-46,48H,13H2,1-10H3/t14-,19-,24?,25-,29-,31+,32-,33-,35+,36-,37-,38+,39+/m0/s1. The normalized spacial score (nSPS) is 38.6. The number of ether oxygens (including phenoxy) is 8. The average molecular weight is 788 g/mol. The quantitative estimate of drug-likeness (QED) is 0.212. The van der Waals surface area contributed by atoms with E-state index in [2.05, 4.69) is 0 Å². The second kappa shape index (κ2) is 13.7. The molecule has 2 saturated heterocycles. The minimum absolute atomic E-state index is 0.0417. The molecule has 17 heteroatoms. The van der Waals surface area contributed by atoms with Gasteiger partial charge < -0.3 is 68.3 Å². The molecule has 0 saturated carbocycles. The van der Waals surface area contributed by atoms with E-state index in [1.54, 1.807) is 32.8 Å². The molecule has 0 amide bonds. The molecule has 2 aliphatic carbocycles. The van der Waals surface area contributed by atoms with Crippen LogP contribution in [0, 0.1) is 0 Å². The molecule has 17 nitrogen and oxygen atoms in total. The maximum Gasteiger partial charge on any atom is 0.316 e. The number of benzene rings is 2. The molecular weight excluding hydrogens is 738 g/mol. The second-order valence-electron chi connectivity index (χ2n) is 16.0. The van der Waals surface area contributed by atoms with E-state index in [9.17, 15) is 39.9 Å². The summed E-state index contributed by atoms with van der Waals surface area (Å²) in [5, 5.41) is 58.3. The number of ketones is 2. The fourth-order valence-corrected chi connectivity index (χ4v) is 9.68. The van der Waals surface area contributed by atoms with Gasteiger partial charge in [0, 0.05) is 44.4 Å². The monoisotopic (exact) mass is 787 g/mol. The van der Waals surface area contributed by atoms with Gasteiger partial charge in [-0.1, -0.05) is 0 Å². The van der Waals surface area contributed by atoms with Gasteiger partial charge in [0.25, 0.3) is 0 Å². The Morgan fingerprint density at radius 1 is 0.946 bits per heavy atom. The third kappa shape index (κ3) is 5.47. The maximum atomic E-state index is 14.8. The second-order valence-corrected chi connectivity index (χ2v) is 16.0. The van der Waals surface area contributed by atoms with Gasteiger partial charge in [0.05, 0.1) is 47.7 Å². The molecule has 3 aliphatic heterocycles. The van der Waals surface area contributed by atoms with Crippen molar-refractivity contribution in [3.8, 4) is 17.2 Å². The number of nitrogens with zero attached hydrogens (tertiary/aromatic N) is 1. The number of carbonyl (C=O) groups excluding carboxylic acids is 3. The van der Waals surface area contributed by atoms with Crippen LogP contribution in [0.2, 0.25) is 0 Å². The molecule has 3 heterocycles. The number of likely N-dealkylation sites (N-methyl/N-ethyl adjacent to an activating group) is 1. The molecule has 1 unspecified atom stereocenters. The van der Waals surface area contributed by atoms with Crippen LogP contribution in [-0.4, -0.2) is 151 Å². The molecule has 13 atom stereocenters. The van der Waals surface area contributed by atoms with Gasteiger partial charge in [-0.25, -0.2) is 0 Å². The lowest BCUT2D eigenvalue weighted by Crippen LogP contribution is -2.68. The Bertz CT molecular complexity index is 1980. The van der Waals surface area contributed by atoms with Gasteiger partial charge in [0.15, 0.2) is 12.1 Å². The maximum absolute atomic E-state index is 14.8. The van der Waals surface area contributed by atoms with Crippen LogP contribution in [-0.2, 0) is 43.6 Å². The summed E-state index contributed by atoms with van der Waals surface area (Å²) in [5.41, 5.74) is -6.55. The van der Waals surface area contributed by atoms with E-state index in [0.717, 1.165) is 13.2 Å². The fourth-order valence-electron chi connectivity index (χ4n) is 9.68. The molecule has 2 fully saturated rings. The Balaban J connectivity index is 1.40. The van der Waals surface area contributed by atoms with Crippen LogP contribution in [0.5, 0.6) is 17.2 Å². The zero-order valence-corrected chi connectivity index (χ0v) is 32.8. The molecule has 0 aromatic heterocycles. The fraction of sp³-hybridized carbons (Fsp3) is 0.615. The molecule has 0 spiro atoms. The van der Waals surface area contributed by atoms with Crippen molar-refractivity contribution >= 4 is 17.5 Å². The summed E-state index contributed by atoms with van der Waals surface area (Å²) in [7, 11) is 8.84. The van der Waals surface area contributed by atoms with Crippen LogP contribution < -0.4 is 4.74 Å². The van der Waals surface area contributed by atoms with Gasteiger partial charge in [0.1, 0.15) is 58.8 Å². The summed E-state index contributed by atoms with van der Waals surface area (Å²) in [5.74, 6) is -5.85. The first-order valence-corrected chi connectivity index (χ1v) is 18.2. The third-order valence-corrected chi connectivity index (χ3v) is 12.5. The lowest BCUT2D eigenvalue weighted by molar-refractivity contribution is -0.345. The number of phenolic OH excluding ortho intramolecular Hbond substituents is 2. The molecule has 56 heavy (non-hydrogen) atoms. The first-order valence-electron chi connectivity index (χ1n) is 18.2. The molecule has 0 radical (unpaired) electrons. The van der Waals surface area contributed by atoms with Crippen molar-refractivity contribution in [2.45, 2.75) is 112 Å². The Morgan fingerprint density at radius 3 is 2.20 bits per heavy atom. The number of hydrogen-bond donors (Lipinski definition) is 5. The Hall–Kier alpha value is -3.75. The number of aliphatic hydroxyl groups excluding tert-OH is 2. The predicted molar refractivity (Wildman–Crippen MR) is 191 cm³/mol. The molecular formula is C39H49NO16. The van der Waals surface area contributed by atoms with E-state index >= 15 is 0 Å². The highest BCUT2D eigenvalue weighted by molar-refractivity contribution is 6.31. The summed E-state index contributed by atoms with van der Waals surface area (Å²) in [6, 6.07) is 1.50. The molecule has 5 N–H and O–H groups in total. The molecule has 7 rings (SSSR count). The van der Waals surface area contributed by atoms with Gasteiger partial charge in [-0.2, -0.15) is 0 Å². The van der Waals surface area contributed by atoms with Crippen LogP contribution >= 0.6 is 0 Å².